The number of nitrogens with zero attached hydrogens (tertiary/aromatic N) is 3. The number of thioether (sulfide) groups is 1. The third-order valence-corrected chi connectivity index (χ3v) is 4.78. The molecule has 0 fully saturated rings. The molecule has 0 radical (unpaired) electrons. The SMILES string of the molecule is Cc1nc(C)c(C#N)c(SC(C)C(=O)Nc2cc(Cl)ccc2Cl)n1. The molecule has 1 N–H and O–H groups in total. The first-order chi connectivity index (χ1) is 11.3. The van der Waals surface area contributed by atoms with Gasteiger partial charge in [0.25, 0.3) is 0 Å². The van der Waals surface area contributed by atoms with Crippen LogP contribution in [0.2, 0.25) is 10.0 Å². The second kappa shape index (κ2) is 7.84. The molecule has 2 aromatic rings. The molecule has 1 atom stereocenters. The van der Waals surface area contributed by atoms with Gasteiger partial charge in [0, 0.05) is 5.02 Å². The molecule has 1 heterocycles. The van der Waals surface area contributed by atoms with Gasteiger partial charge in [-0.15, -0.1) is 0 Å². The predicted octanol–water partition coefficient (Wildman–Crippen LogP) is 4.39. The number of carbonyl (C=O) groups is 1. The van der Waals surface area contributed by atoms with E-state index in [9.17, 15) is 10.1 Å². The Kier molecular flexibility index (Phi) is 6.05. The molecule has 0 aliphatic heterocycles. The zero-order valence-corrected chi connectivity index (χ0v) is 15.6. The zero-order chi connectivity index (χ0) is 17.9. The Bertz CT molecular complexity index is 836. The maximum Gasteiger partial charge on any atom is 0.237 e. The van der Waals surface area contributed by atoms with E-state index in [0.717, 1.165) is 0 Å². The largest absolute Gasteiger partial charge is 0.324 e. The molecule has 0 aliphatic carbocycles. The van der Waals surface area contributed by atoms with Gasteiger partial charge in [-0.2, -0.15) is 5.26 Å². The van der Waals surface area contributed by atoms with Gasteiger partial charge in [-0.1, -0.05) is 35.0 Å². The highest BCUT2D eigenvalue weighted by atomic mass is 35.5. The monoisotopic (exact) mass is 380 g/mol. The number of hydrogen-bond acceptors (Lipinski definition) is 5. The summed E-state index contributed by atoms with van der Waals surface area (Å²) in [6.45, 7) is 5.22. The van der Waals surface area contributed by atoms with Crippen LogP contribution in [0.25, 0.3) is 0 Å². The molecule has 1 unspecified atom stereocenters. The normalized spacial score (nSPS) is 11.7. The number of nitriles is 1. The lowest BCUT2D eigenvalue weighted by Gasteiger charge is -2.14. The first-order valence-corrected chi connectivity index (χ1v) is 8.63. The van der Waals surface area contributed by atoms with Gasteiger partial charge in [-0.05, 0) is 39.0 Å². The number of aromatic nitrogens is 2. The molecule has 5 nitrogen and oxygen atoms in total. The summed E-state index contributed by atoms with van der Waals surface area (Å²) in [7, 11) is 0. The molecule has 8 heteroatoms. The lowest BCUT2D eigenvalue weighted by atomic mass is 10.3. The third-order valence-electron chi connectivity index (χ3n) is 3.12. The number of halogens is 2. The van der Waals surface area contributed by atoms with Crippen molar-refractivity contribution in [3.8, 4) is 6.07 Å². The van der Waals surface area contributed by atoms with E-state index < -0.39 is 5.25 Å². The smallest absolute Gasteiger partial charge is 0.237 e. The Labute approximate surface area is 154 Å². The highest BCUT2D eigenvalue weighted by molar-refractivity contribution is 8.00. The minimum atomic E-state index is -0.485. The quantitative estimate of drug-likeness (QED) is 0.628. The van der Waals surface area contributed by atoms with Crippen LogP contribution < -0.4 is 5.32 Å². The molecule has 24 heavy (non-hydrogen) atoms. The van der Waals surface area contributed by atoms with E-state index in [0.29, 0.717) is 37.8 Å². The molecule has 0 saturated carbocycles. The Morgan fingerprint density at radius 2 is 2.04 bits per heavy atom. The van der Waals surface area contributed by atoms with Crippen molar-refractivity contribution >= 4 is 46.6 Å². The standard InChI is InChI=1S/C16H14Cl2N4OS/c1-8-12(7-19)16(21-10(3)20-8)24-9(2)15(23)22-14-6-11(17)4-5-13(14)18/h4-6,9H,1-3H3,(H,22,23). The van der Waals surface area contributed by atoms with Crippen molar-refractivity contribution < 1.29 is 4.79 Å². The molecule has 1 amide bonds. The number of rotatable bonds is 4. The molecule has 0 saturated heterocycles. The van der Waals surface area contributed by atoms with E-state index in [1.54, 1.807) is 39.0 Å². The zero-order valence-electron chi connectivity index (χ0n) is 13.2. The summed E-state index contributed by atoms with van der Waals surface area (Å²) in [6.07, 6.45) is 0. The Morgan fingerprint density at radius 1 is 1.33 bits per heavy atom. The van der Waals surface area contributed by atoms with Crippen LogP contribution in [0, 0.1) is 25.2 Å². The second-order valence-corrected chi connectivity index (χ2v) is 7.19. The summed E-state index contributed by atoms with van der Waals surface area (Å²) in [6, 6.07) is 6.92. The molecule has 1 aromatic carbocycles. The van der Waals surface area contributed by atoms with Crippen molar-refractivity contribution in [1.29, 1.82) is 5.26 Å². The van der Waals surface area contributed by atoms with Crippen molar-refractivity contribution in [3.63, 3.8) is 0 Å². The van der Waals surface area contributed by atoms with Gasteiger partial charge in [-0.25, -0.2) is 9.97 Å². The number of nitrogens with one attached hydrogen (secondary N) is 1. The average Bonchev–Trinajstić information content (AvgIpc) is 2.50. The Balaban J connectivity index is 2.18. The topological polar surface area (TPSA) is 78.7 Å². The molecular formula is C16H14Cl2N4OS. The van der Waals surface area contributed by atoms with Crippen LogP contribution in [0.15, 0.2) is 23.2 Å². The number of amides is 1. The minimum absolute atomic E-state index is 0.262. The number of anilines is 1. The Morgan fingerprint density at radius 3 is 2.71 bits per heavy atom. The first kappa shape index (κ1) is 18.5. The predicted molar refractivity (Wildman–Crippen MR) is 96.6 cm³/mol. The van der Waals surface area contributed by atoms with Gasteiger partial charge < -0.3 is 5.32 Å². The molecule has 0 aliphatic rings. The summed E-state index contributed by atoms with van der Waals surface area (Å²) >= 11 is 13.2. The molecule has 0 bridgehead atoms. The van der Waals surface area contributed by atoms with Gasteiger partial charge in [-0.3, -0.25) is 4.79 Å². The van der Waals surface area contributed by atoms with Crippen LogP contribution in [-0.2, 0) is 4.79 Å². The molecule has 2 rings (SSSR count). The lowest BCUT2D eigenvalue weighted by Crippen LogP contribution is -2.23. The van der Waals surface area contributed by atoms with E-state index in [1.807, 2.05) is 0 Å². The van der Waals surface area contributed by atoms with Crippen LogP contribution in [0.1, 0.15) is 24.0 Å². The van der Waals surface area contributed by atoms with E-state index in [4.69, 9.17) is 23.2 Å². The molecule has 1 aromatic heterocycles. The van der Waals surface area contributed by atoms with E-state index in [-0.39, 0.29) is 5.91 Å². The van der Waals surface area contributed by atoms with Gasteiger partial charge in [0.1, 0.15) is 22.5 Å². The number of aryl methyl sites for hydroxylation is 2. The highest BCUT2D eigenvalue weighted by Gasteiger charge is 2.20. The fourth-order valence-corrected chi connectivity index (χ4v) is 3.28. The fourth-order valence-electron chi connectivity index (χ4n) is 1.94. The molecular weight excluding hydrogens is 367 g/mol. The van der Waals surface area contributed by atoms with E-state index in [1.165, 1.54) is 11.8 Å². The maximum absolute atomic E-state index is 12.4. The van der Waals surface area contributed by atoms with Crippen LogP contribution in [0.5, 0.6) is 0 Å². The van der Waals surface area contributed by atoms with E-state index in [2.05, 4.69) is 21.4 Å². The van der Waals surface area contributed by atoms with Crippen LogP contribution >= 0.6 is 35.0 Å². The van der Waals surface area contributed by atoms with Gasteiger partial charge in [0.2, 0.25) is 5.91 Å². The fraction of sp³-hybridized carbons (Fsp3) is 0.250. The summed E-state index contributed by atoms with van der Waals surface area (Å²) in [5.41, 5.74) is 1.42. The van der Waals surface area contributed by atoms with Crippen molar-refractivity contribution in [3.05, 3.63) is 45.3 Å². The van der Waals surface area contributed by atoms with E-state index >= 15 is 0 Å². The molecule has 0 spiro atoms. The van der Waals surface area contributed by atoms with Gasteiger partial charge in [0.15, 0.2) is 0 Å². The van der Waals surface area contributed by atoms with Crippen molar-refractivity contribution in [2.24, 2.45) is 0 Å². The van der Waals surface area contributed by atoms with Crippen molar-refractivity contribution in [1.82, 2.24) is 9.97 Å². The summed E-state index contributed by atoms with van der Waals surface area (Å²) in [5.74, 6) is 0.293. The summed E-state index contributed by atoms with van der Waals surface area (Å²) in [5, 5.41) is 12.9. The maximum atomic E-state index is 12.4. The summed E-state index contributed by atoms with van der Waals surface area (Å²) < 4.78 is 0. The van der Waals surface area contributed by atoms with Crippen LogP contribution in [0.3, 0.4) is 0 Å². The van der Waals surface area contributed by atoms with Gasteiger partial charge >= 0.3 is 0 Å². The number of carbonyl (C=O) groups excluding carboxylic acids is 1. The minimum Gasteiger partial charge on any atom is -0.324 e. The number of hydrogen-bond donors (Lipinski definition) is 1. The Hall–Kier alpha value is -1.81. The summed E-state index contributed by atoms with van der Waals surface area (Å²) in [4.78, 5) is 20.8. The highest BCUT2D eigenvalue weighted by Crippen LogP contribution is 2.29. The van der Waals surface area contributed by atoms with Crippen molar-refractivity contribution in [2.75, 3.05) is 5.32 Å². The molecule has 124 valence electrons. The van der Waals surface area contributed by atoms with Crippen LogP contribution in [0.4, 0.5) is 5.69 Å². The third kappa shape index (κ3) is 4.38. The first-order valence-electron chi connectivity index (χ1n) is 6.99. The van der Waals surface area contributed by atoms with Crippen molar-refractivity contribution in [2.45, 2.75) is 31.0 Å². The number of benzene rings is 1. The van der Waals surface area contributed by atoms with Crippen LogP contribution in [-0.4, -0.2) is 21.1 Å². The van der Waals surface area contributed by atoms with Gasteiger partial charge in [0.05, 0.1) is 21.7 Å². The average molecular weight is 381 g/mol. The second-order valence-electron chi connectivity index (χ2n) is 5.02. The lowest BCUT2D eigenvalue weighted by molar-refractivity contribution is -0.115.